The molecule has 1 aliphatic heterocycles. The lowest BCUT2D eigenvalue weighted by molar-refractivity contribution is -0.135. The number of pyridine rings is 1. The van der Waals surface area contributed by atoms with Crippen LogP contribution in [0.25, 0.3) is 11.5 Å². The van der Waals surface area contributed by atoms with Crippen LogP contribution < -0.4 is 5.76 Å². The van der Waals surface area contributed by atoms with Gasteiger partial charge in [-0.3, -0.25) is 14.3 Å². The van der Waals surface area contributed by atoms with Crippen molar-refractivity contribution < 1.29 is 14.1 Å². The summed E-state index contributed by atoms with van der Waals surface area (Å²) >= 11 is 0. The number of carbonyl (C=O) groups excluding carboxylic acids is 1. The van der Waals surface area contributed by atoms with Gasteiger partial charge in [0.1, 0.15) is 12.2 Å². The quantitative estimate of drug-likeness (QED) is 0.774. The molecule has 3 heterocycles. The molecule has 0 N–H and O–H groups in total. The van der Waals surface area contributed by atoms with Crippen molar-refractivity contribution in [2.45, 2.75) is 6.54 Å². The second-order valence-corrected chi connectivity index (χ2v) is 4.57. The highest BCUT2D eigenvalue weighted by Crippen LogP contribution is 2.12. The first-order chi connectivity index (χ1) is 10.3. The predicted octanol–water partition coefficient (Wildman–Crippen LogP) is -0.243. The third-order valence-corrected chi connectivity index (χ3v) is 3.24. The minimum Gasteiger partial charge on any atom is -0.378 e. The van der Waals surface area contributed by atoms with Gasteiger partial charge < -0.3 is 9.64 Å². The van der Waals surface area contributed by atoms with Crippen molar-refractivity contribution in [3.05, 3.63) is 34.9 Å². The fourth-order valence-electron chi connectivity index (χ4n) is 2.13. The SMILES string of the molecule is O=C(Cn1c(-c2ccccn2)noc1=O)N1CCOCC1. The monoisotopic (exact) mass is 290 g/mol. The zero-order valence-electron chi connectivity index (χ0n) is 11.3. The number of carbonyl (C=O) groups is 1. The minimum atomic E-state index is -0.669. The second kappa shape index (κ2) is 5.88. The Morgan fingerprint density at radius 3 is 2.81 bits per heavy atom. The van der Waals surface area contributed by atoms with Crippen LogP contribution in [0.1, 0.15) is 0 Å². The Morgan fingerprint density at radius 1 is 1.29 bits per heavy atom. The van der Waals surface area contributed by atoms with E-state index in [2.05, 4.69) is 14.7 Å². The molecular formula is C13H14N4O4. The van der Waals surface area contributed by atoms with Crippen molar-refractivity contribution >= 4 is 5.91 Å². The first-order valence-corrected chi connectivity index (χ1v) is 6.59. The Morgan fingerprint density at radius 2 is 2.10 bits per heavy atom. The molecule has 110 valence electrons. The maximum atomic E-state index is 12.2. The fourth-order valence-corrected chi connectivity index (χ4v) is 2.13. The van der Waals surface area contributed by atoms with Crippen molar-refractivity contribution in [2.24, 2.45) is 0 Å². The highest BCUT2D eigenvalue weighted by atomic mass is 16.5. The average Bonchev–Trinajstić information content (AvgIpc) is 2.90. The number of hydrogen-bond donors (Lipinski definition) is 0. The van der Waals surface area contributed by atoms with Gasteiger partial charge in [-0.1, -0.05) is 11.2 Å². The molecule has 0 unspecified atom stereocenters. The van der Waals surface area contributed by atoms with Gasteiger partial charge in [0.25, 0.3) is 0 Å². The number of aromatic nitrogens is 3. The van der Waals surface area contributed by atoms with Crippen LogP contribution in [0.4, 0.5) is 0 Å². The lowest BCUT2D eigenvalue weighted by atomic mass is 10.3. The van der Waals surface area contributed by atoms with Gasteiger partial charge in [-0.15, -0.1) is 0 Å². The van der Waals surface area contributed by atoms with E-state index in [-0.39, 0.29) is 18.3 Å². The van der Waals surface area contributed by atoms with Crippen LogP contribution in [0.15, 0.2) is 33.7 Å². The number of ether oxygens (including phenoxy) is 1. The van der Waals surface area contributed by atoms with Crippen molar-refractivity contribution in [3.63, 3.8) is 0 Å². The number of rotatable bonds is 3. The molecule has 0 saturated carbocycles. The fraction of sp³-hybridized carbons (Fsp3) is 0.385. The third-order valence-electron chi connectivity index (χ3n) is 3.24. The van der Waals surface area contributed by atoms with Crippen LogP contribution in [0.5, 0.6) is 0 Å². The number of morpholine rings is 1. The Bertz CT molecular complexity index is 673. The van der Waals surface area contributed by atoms with Crippen molar-refractivity contribution in [1.82, 2.24) is 19.6 Å². The van der Waals surface area contributed by atoms with E-state index in [0.29, 0.717) is 32.0 Å². The molecule has 2 aromatic heterocycles. The summed E-state index contributed by atoms with van der Waals surface area (Å²) in [7, 11) is 0. The molecule has 0 spiro atoms. The maximum Gasteiger partial charge on any atom is 0.442 e. The Labute approximate surface area is 119 Å². The van der Waals surface area contributed by atoms with E-state index >= 15 is 0 Å². The van der Waals surface area contributed by atoms with Crippen molar-refractivity contribution in [1.29, 1.82) is 0 Å². The maximum absolute atomic E-state index is 12.2. The molecule has 0 atom stereocenters. The van der Waals surface area contributed by atoms with E-state index in [9.17, 15) is 9.59 Å². The standard InChI is InChI=1S/C13H14N4O4/c18-11(16-5-7-20-8-6-16)9-17-12(15-21-13(17)19)10-3-1-2-4-14-10/h1-4H,5-9H2. The summed E-state index contributed by atoms with van der Waals surface area (Å²) in [5.41, 5.74) is 0.484. The highest BCUT2D eigenvalue weighted by molar-refractivity contribution is 5.76. The first-order valence-electron chi connectivity index (χ1n) is 6.59. The van der Waals surface area contributed by atoms with Crippen LogP contribution in [0.3, 0.4) is 0 Å². The summed E-state index contributed by atoms with van der Waals surface area (Å²) in [6.45, 7) is 1.96. The molecule has 3 rings (SSSR count). The van der Waals surface area contributed by atoms with Crippen LogP contribution in [-0.4, -0.2) is 51.8 Å². The smallest absolute Gasteiger partial charge is 0.378 e. The van der Waals surface area contributed by atoms with Gasteiger partial charge in [0.05, 0.1) is 13.2 Å². The molecule has 0 bridgehead atoms. The summed E-state index contributed by atoms with van der Waals surface area (Å²) in [4.78, 5) is 29.7. The lowest BCUT2D eigenvalue weighted by Crippen LogP contribution is -2.43. The van der Waals surface area contributed by atoms with Gasteiger partial charge in [0.2, 0.25) is 11.7 Å². The van der Waals surface area contributed by atoms with Crippen LogP contribution in [-0.2, 0) is 16.1 Å². The molecule has 0 aliphatic carbocycles. The van der Waals surface area contributed by atoms with E-state index in [0.717, 1.165) is 0 Å². The van der Waals surface area contributed by atoms with E-state index in [1.165, 1.54) is 4.57 Å². The van der Waals surface area contributed by atoms with E-state index in [4.69, 9.17) is 4.74 Å². The van der Waals surface area contributed by atoms with Gasteiger partial charge in [-0.25, -0.2) is 9.36 Å². The summed E-state index contributed by atoms with van der Waals surface area (Å²) < 4.78 is 11.1. The average molecular weight is 290 g/mol. The zero-order chi connectivity index (χ0) is 14.7. The van der Waals surface area contributed by atoms with Crippen LogP contribution in [0.2, 0.25) is 0 Å². The normalized spacial score (nSPS) is 15.1. The molecule has 1 fully saturated rings. The minimum absolute atomic E-state index is 0.117. The van der Waals surface area contributed by atoms with Crippen molar-refractivity contribution in [3.8, 4) is 11.5 Å². The lowest BCUT2D eigenvalue weighted by Gasteiger charge is -2.26. The van der Waals surface area contributed by atoms with Gasteiger partial charge in [-0.05, 0) is 12.1 Å². The molecule has 1 amide bonds. The summed E-state index contributed by atoms with van der Waals surface area (Å²) in [6, 6.07) is 5.23. The second-order valence-electron chi connectivity index (χ2n) is 4.57. The summed E-state index contributed by atoms with van der Waals surface area (Å²) in [5, 5.41) is 3.70. The predicted molar refractivity (Wildman–Crippen MR) is 71.4 cm³/mol. The molecule has 8 nitrogen and oxygen atoms in total. The van der Waals surface area contributed by atoms with Gasteiger partial charge in [0.15, 0.2) is 0 Å². The topological polar surface area (TPSA) is 90.5 Å². The highest BCUT2D eigenvalue weighted by Gasteiger charge is 2.21. The Balaban J connectivity index is 1.84. The third kappa shape index (κ3) is 2.84. The van der Waals surface area contributed by atoms with E-state index in [1.807, 2.05) is 0 Å². The number of amides is 1. The van der Waals surface area contributed by atoms with Crippen molar-refractivity contribution in [2.75, 3.05) is 26.3 Å². The van der Waals surface area contributed by atoms with Gasteiger partial charge >= 0.3 is 5.76 Å². The van der Waals surface area contributed by atoms with Crippen LogP contribution in [0, 0.1) is 0 Å². The van der Waals surface area contributed by atoms with Gasteiger partial charge in [0, 0.05) is 19.3 Å². The summed E-state index contributed by atoms with van der Waals surface area (Å²) in [5.74, 6) is -0.583. The number of hydrogen-bond acceptors (Lipinski definition) is 6. The van der Waals surface area contributed by atoms with Crippen LogP contribution >= 0.6 is 0 Å². The molecule has 0 radical (unpaired) electrons. The largest absolute Gasteiger partial charge is 0.442 e. The van der Waals surface area contributed by atoms with E-state index in [1.54, 1.807) is 29.3 Å². The molecule has 21 heavy (non-hydrogen) atoms. The number of nitrogens with zero attached hydrogens (tertiary/aromatic N) is 4. The molecule has 0 aromatic carbocycles. The Kier molecular flexibility index (Phi) is 3.78. The van der Waals surface area contributed by atoms with E-state index < -0.39 is 5.76 Å². The zero-order valence-corrected chi connectivity index (χ0v) is 11.3. The summed E-state index contributed by atoms with van der Waals surface area (Å²) in [6.07, 6.45) is 1.59. The molecule has 1 aliphatic rings. The van der Waals surface area contributed by atoms with Gasteiger partial charge in [-0.2, -0.15) is 0 Å². The molecular weight excluding hydrogens is 276 g/mol. The Hall–Kier alpha value is -2.48. The first kappa shape index (κ1) is 13.5. The molecule has 2 aromatic rings. The molecule has 1 saturated heterocycles. The molecule has 8 heteroatoms.